The third-order valence-electron chi connectivity index (χ3n) is 10.1. The number of benzene rings is 6. The fourth-order valence-electron chi connectivity index (χ4n) is 7.01. The van der Waals surface area contributed by atoms with Crippen LogP contribution in [0.2, 0.25) is 0 Å². The van der Waals surface area contributed by atoms with Gasteiger partial charge in [-0.2, -0.15) is 4.31 Å². The van der Waals surface area contributed by atoms with Gasteiger partial charge in [0, 0.05) is 18.7 Å². The minimum Gasteiger partial charge on any atom is -0.497 e. The average Bonchev–Trinajstić information content (AvgIpc) is 3.92. The number of methoxy groups -OCH3 is 3. The number of ether oxygens (including phenoxy) is 3. The lowest BCUT2D eigenvalue weighted by Gasteiger charge is -2.27. The monoisotopic (exact) mass is 873 g/mol. The second-order valence-electron chi connectivity index (χ2n) is 13.8. The Kier molecular flexibility index (Phi) is 11.5. The Labute approximate surface area is 356 Å². The van der Waals surface area contributed by atoms with Gasteiger partial charge < -0.3 is 19.9 Å². The quantitative estimate of drug-likeness (QED) is 0.107. The Hall–Kier alpha value is -6.66. The largest absolute Gasteiger partial charge is 0.497 e. The molecule has 0 fully saturated rings. The van der Waals surface area contributed by atoms with Crippen molar-refractivity contribution in [2.24, 2.45) is 0 Å². The SMILES string of the molecule is COc1ccc(CN(Cc2ccc(OC)cc2)S(=O)(=O)c2c(S(=O)(=O)c3ccccc3)ccc(-c3cccc4sc(N)nc34)c2-c2nnnn2Cc2ccc(OC)cc2)cc1. The highest BCUT2D eigenvalue weighted by atomic mass is 32.2. The zero-order valence-electron chi connectivity index (χ0n) is 33.2. The van der Waals surface area contributed by atoms with Gasteiger partial charge in [-0.15, -0.1) is 5.10 Å². The van der Waals surface area contributed by atoms with Crippen molar-refractivity contribution in [2.75, 3.05) is 27.1 Å². The zero-order chi connectivity index (χ0) is 42.7. The number of sulfone groups is 1. The molecule has 0 aliphatic carbocycles. The van der Waals surface area contributed by atoms with E-state index >= 15 is 8.42 Å². The summed E-state index contributed by atoms with van der Waals surface area (Å²) in [5.74, 6) is 1.81. The molecule has 8 rings (SSSR count). The highest BCUT2D eigenvalue weighted by Gasteiger charge is 2.39. The molecule has 0 saturated carbocycles. The summed E-state index contributed by atoms with van der Waals surface area (Å²) >= 11 is 1.27. The third kappa shape index (κ3) is 8.28. The molecule has 310 valence electrons. The second-order valence-corrected chi connectivity index (χ2v) is 18.7. The highest BCUT2D eigenvalue weighted by Crippen LogP contribution is 2.45. The summed E-state index contributed by atoms with van der Waals surface area (Å²) in [5.41, 5.74) is 9.52. The highest BCUT2D eigenvalue weighted by molar-refractivity contribution is 7.93. The molecule has 0 unspecified atom stereocenters. The second kappa shape index (κ2) is 17.1. The molecule has 0 aliphatic heterocycles. The summed E-state index contributed by atoms with van der Waals surface area (Å²) in [7, 11) is -4.75. The van der Waals surface area contributed by atoms with Gasteiger partial charge in [0.1, 0.15) is 22.1 Å². The first-order valence-electron chi connectivity index (χ1n) is 18.8. The van der Waals surface area contributed by atoms with Gasteiger partial charge in [0.25, 0.3) is 0 Å². The predicted octanol–water partition coefficient (Wildman–Crippen LogP) is 7.50. The number of hydrogen-bond donors (Lipinski definition) is 1. The number of rotatable bonds is 15. The molecule has 0 spiro atoms. The van der Waals surface area contributed by atoms with Crippen LogP contribution in [0.1, 0.15) is 16.7 Å². The number of thiazole rings is 1. The molecule has 2 aromatic heterocycles. The maximum absolute atomic E-state index is 16.1. The number of aromatic nitrogens is 5. The molecule has 0 bridgehead atoms. The molecule has 2 heterocycles. The first-order chi connectivity index (χ1) is 29.5. The van der Waals surface area contributed by atoms with Crippen LogP contribution in [0.25, 0.3) is 32.7 Å². The molecule has 2 N–H and O–H groups in total. The maximum atomic E-state index is 16.1. The number of nitrogens with zero attached hydrogens (tertiary/aromatic N) is 6. The summed E-state index contributed by atoms with van der Waals surface area (Å²) in [5, 5.41) is 13.1. The Morgan fingerprint density at radius 1 is 0.656 bits per heavy atom. The standard InChI is InChI=1S/C44H39N7O7S3/c1-56-32-18-12-29(13-19-32)26-50(27-30-14-20-33(57-2)21-15-30)61(54,55)42-39(60(52,53)35-8-5-4-6-9-35)25-24-36(37-10-7-11-38-41(37)46-44(45)59-38)40(42)43-47-48-49-51(43)28-31-16-22-34(58-3)23-17-31/h4-25H,26-28H2,1-3H3,(H2,45,46). The van der Waals surface area contributed by atoms with Crippen LogP contribution in [-0.2, 0) is 39.5 Å². The molecule has 0 saturated heterocycles. The van der Waals surface area contributed by atoms with E-state index in [9.17, 15) is 8.42 Å². The Balaban J connectivity index is 1.45. The number of nitrogens with two attached hydrogens (primary N) is 1. The van der Waals surface area contributed by atoms with Crippen LogP contribution in [-0.4, -0.2) is 67.7 Å². The van der Waals surface area contributed by atoms with Crippen molar-refractivity contribution < 1.29 is 31.0 Å². The van der Waals surface area contributed by atoms with Crippen LogP contribution >= 0.6 is 11.3 Å². The van der Waals surface area contributed by atoms with Gasteiger partial charge in [-0.3, -0.25) is 0 Å². The lowest BCUT2D eigenvalue weighted by molar-refractivity contribution is 0.396. The van der Waals surface area contributed by atoms with Gasteiger partial charge in [0.15, 0.2) is 11.0 Å². The third-order valence-corrected chi connectivity index (χ3v) is 14.7. The van der Waals surface area contributed by atoms with E-state index in [4.69, 9.17) is 19.9 Å². The molecule has 61 heavy (non-hydrogen) atoms. The first kappa shape index (κ1) is 41.1. The number of sulfonamides is 1. The van der Waals surface area contributed by atoms with Gasteiger partial charge >= 0.3 is 0 Å². The van der Waals surface area contributed by atoms with E-state index in [0.29, 0.717) is 50.2 Å². The maximum Gasteiger partial charge on any atom is 0.245 e. The van der Waals surface area contributed by atoms with Crippen LogP contribution in [0.4, 0.5) is 5.13 Å². The Morgan fingerprint density at radius 2 is 1.23 bits per heavy atom. The lowest BCUT2D eigenvalue weighted by Crippen LogP contribution is -2.32. The predicted molar refractivity (Wildman–Crippen MR) is 233 cm³/mol. The fourth-order valence-corrected chi connectivity index (χ4v) is 11.5. The van der Waals surface area contributed by atoms with Crippen LogP contribution in [0, 0.1) is 0 Å². The van der Waals surface area contributed by atoms with E-state index < -0.39 is 29.7 Å². The van der Waals surface area contributed by atoms with Gasteiger partial charge in [-0.1, -0.05) is 84.1 Å². The van der Waals surface area contributed by atoms with Crippen molar-refractivity contribution in [3.63, 3.8) is 0 Å². The van der Waals surface area contributed by atoms with Crippen molar-refractivity contribution in [2.45, 2.75) is 34.3 Å². The van der Waals surface area contributed by atoms with E-state index in [1.165, 1.54) is 38.5 Å². The van der Waals surface area contributed by atoms with Crippen molar-refractivity contribution in [3.05, 3.63) is 150 Å². The number of fused-ring (bicyclic) bond motifs is 1. The topological polar surface area (TPSA) is 182 Å². The lowest BCUT2D eigenvalue weighted by atomic mass is 9.98. The first-order valence-corrected chi connectivity index (χ1v) is 22.5. The Bertz CT molecular complexity index is 3000. The number of tetrazole rings is 1. The minimum absolute atomic E-state index is 0.00329. The molecule has 6 aromatic carbocycles. The molecule has 17 heteroatoms. The van der Waals surface area contributed by atoms with Gasteiger partial charge in [-0.25, -0.2) is 26.5 Å². The number of anilines is 1. The van der Waals surface area contributed by atoms with E-state index in [0.717, 1.165) is 10.3 Å². The van der Waals surface area contributed by atoms with Crippen molar-refractivity contribution >= 4 is 46.5 Å². The van der Waals surface area contributed by atoms with Crippen LogP contribution in [0.3, 0.4) is 0 Å². The summed E-state index contributed by atoms with van der Waals surface area (Å²) in [4.78, 5) is 3.55. The van der Waals surface area contributed by atoms with Crippen molar-refractivity contribution in [1.29, 1.82) is 0 Å². The minimum atomic E-state index is -4.86. The summed E-state index contributed by atoms with van der Waals surface area (Å²) in [6.45, 7) is -0.208. The molecule has 14 nitrogen and oxygen atoms in total. The normalized spacial score (nSPS) is 11.9. The van der Waals surface area contributed by atoms with E-state index in [1.54, 1.807) is 112 Å². The van der Waals surface area contributed by atoms with Crippen LogP contribution in [0.5, 0.6) is 17.2 Å². The molecule has 0 atom stereocenters. The summed E-state index contributed by atoms with van der Waals surface area (Å²) < 4.78 is 81.7. The molecule has 0 radical (unpaired) electrons. The molecular weight excluding hydrogens is 835 g/mol. The summed E-state index contributed by atoms with van der Waals surface area (Å²) in [6.07, 6.45) is 0. The molecule has 0 amide bonds. The zero-order valence-corrected chi connectivity index (χ0v) is 35.6. The van der Waals surface area contributed by atoms with E-state index in [1.807, 2.05) is 24.3 Å². The van der Waals surface area contributed by atoms with E-state index in [-0.39, 0.29) is 35.9 Å². The summed E-state index contributed by atoms with van der Waals surface area (Å²) in [6, 6.07) is 37.3. The Morgan fingerprint density at radius 3 is 1.80 bits per heavy atom. The van der Waals surface area contributed by atoms with Crippen LogP contribution in [0.15, 0.2) is 148 Å². The number of nitrogen functional groups attached to an aromatic ring is 1. The smallest absolute Gasteiger partial charge is 0.245 e. The number of hydrogen-bond acceptors (Lipinski definition) is 13. The molecular formula is C44H39N7O7S3. The van der Waals surface area contributed by atoms with Gasteiger partial charge in [0.05, 0.1) is 53.4 Å². The number of para-hydroxylation sites is 1. The van der Waals surface area contributed by atoms with Crippen molar-refractivity contribution in [1.82, 2.24) is 29.5 Å². The van der Waals surface area contributed by atoms with Crippen molar-refractivity contribution in [3.8, 4) is 39.8 Å². The fraction of sp³-hybridized carbons (Fsp3) is 0.136. The van der Waals surface area contributed by atoms with E-state index in [2.05, 4.69) is 20.5 Å². The van der Waals surface area contributed by atoms with Gasteiger partial charge in [-0.05, 0) is 93.3 Å². The molecule has 8 aromatic rings. The molecule has 0 aliphatic rings. The average molecular weight is 874 g/mol. The van der Waals surface area contributed by atoms with Gasteiger partial charge in [0.2, 0.25) is 19.9 Å². The van der Waals surface area contributed by atoms with Crippen LogP contribution < -0.4 is 19.9 Å².